The number of nitrogens with one attached hydrogen (secondary N) is 1. The Kier molecular flexibility index (Phi) is 4.15. The van der Waals surface area contributed by atoms with E-state index in [1.165, 1.54) is 12.8 Å². The molecule has 4 rings (SSSR count). The number of benzene rings is 1. The Labute approximate surface area is 146 Å². The number of hydrogen-bond acceptors (Lipinski definition) is 3. The standard InChI is InChI=1S/C19H19ClN2O2/c20-15-8-14-9-16(11-22-18(23)7-12-1-2-12)24-19(14)17(10-15)13-3-5-21-6-4-13/h3-6,8,10,12,16H,1-2,7,9,11H2,(H,22,23)/t16-/m1/s1. The average molecular weight is 343 g/mol. The van der Waals surface area contributed by atoms with E-state index >= 15 is 0 Å². The molecule has 1 aromatic heterocycles. The lowest BCUT2D eigenvalue weighted by Crippen LogP contribution is -2.34. The van der Waals surface area contributed by atoms with Crippen LogP contribution in [0.2, 0.25) is 5.02 Å². The molecule has 24 heavy (non-hydrogen) atoms. The van der Waals surface area contributed by atoms with Gasteiger partial charge in [0.2, 0.25) is 5.91 Å². The highest BCUT2D eigenvalue weighted by Crippen LogP contribution is 2.40. The number of rotatable bonds is 5. The number of ether oxygens (including phenoxy) is 1. The molecule has 2 heterocycles. The van der Waals surface area contributed by atoms with Gasteiger partial charge in [0.05, 0.1) is 6.54 Å². The maximum atomic E-state index is 11.9. The van der Waals surface area contributed by atoms with E-state index in [1.807, 2.05) is 24.3 Å². The van der Waals surface area contributed by atoms with Crippen LogP contribution in [0.15, 0.2) is 36.7 Å². The summed E-state index contributed by atoms with van der Waals surface area (Å²) < 4.78 is 6.12. The fraction of sp³-hybridized carbons (Fsp3) is 0.368. The molecule has 1 saturated carbocycles. The Morgan fingerprint density at radius 1 is 1.29 bits per heavy atom. The highest BCUT2D eigenvalue weighted by atomic mass is 35.5. The predicted octanol–water partition coefficient (Wildman–Crippen LogP) is 3.62. The van der Waals surface area contributed by atoms with Gasteiger partial charge in [0.1, 0.15) is 11.9 Å². The van der Waals surface area contributed by atoms with E-state index in [2.05, 4.69) is 10.3 Å². The summed E-state index contributed by atoms with van der Waals surface area (Å²) in [6, 6.07) is 7.76. The van der Waals surface area contributed by atoms with E-state index in [4.69, 9.17) is 16.3 Å². The minimum atomic E-state index is -0.0396. The van der Waals surface area contributed by atoms with E-state index in [-0.39, 0.29) is 12.0 Å². The van der Waals surface area contributed by atoms with Crippen LogP contribution in [-0.2, 0) is 11.2 Å². The normalized spacial score (nSPS) is 18.8. The number of halogens is 1. The molecule has 0 unspecified atom stereocenters. The van der Waals surface area contributed by atoms with Crippen LogP contribution in [0.5, 0.6) is 5.75 Å². The topological polar surface area (TPSA) is 51.2 Å². The van der Waals surface area contributed by atoms with Crippen LogP contribution in [0, 0.1) is 5.92 Å². The summed E-state index contributed by atoms with van der Waals surface area (Å²) in [5, 5.41) is 3.69. The summed E-state index contributed by atoms with van der Waals surface area (Å²) in [7, 11) is 0. The Morgan fingerprint density at radius 2 is 2.08 bits per heavy atom. The molecular formula is C19H19ClN2O2. The first-order valence-electron chi connectivity index (χ1n) is 8.35. The fourth-order valence-corrected chi connectivity index (χ4v) is 3.38. The first-order valence-corrected chi connectivity index (χ1v) is 8.73. The number of aromatic nitrogens is 1. The third kappa shape index (κ3) is 3.39. The van der Waals surface area contributed by atoms with Crippen LogP contribution in [0.3, 0.4) is 0 Å². The van der Waals surface area contributed by atoms with Gasteiger partial charge in [-0.05, 0) is 48.6 Å². The second-order valence-electron chi connectivity index (χ2n) is 6.57. The zero-order chi connectivity index (χ0) is 16.5. The monoisotopic (exact) mass is 342 g/mol. The minimum Gasteiger partial charge on any atom is -0.487 e. The summed E-state index contributed by atoms with van der Waals surface area (Å²) in [5.41, 5.74) is 3.10. The van der Waals surface area contributed by atoms with Crippen molar-refractivity contribution in [3.63, 3.8) is 0 Å². The molecule has 1 N–H and O–H groups in total. The van der Waals surface area contributed by atoms with Crippen molar-refractivity contribution in [3.8, 4) is 16.9 Å². The average Bonchev–Trinajstić information content (AvgIpc) is 3.30. The fourth-order valence-electron chi connectivity index (χ4n) is 3.14. The Hall–Kier alpha value is -2.07. The van der Waals surface area contributed by atoms with Crippen molar-refractivity contribution in [3.05, 3.63) is 47.2 Å². The molecule has 124 valence electrons. The number of amides is 1. The molecule has 2 aromatic rings. The van der Waals surface area contributed by atoms with Gasteiger partial charge in [-0.15, -0.1) is 0 Å². The van der Waals surface area contributed by atoms with Crippen LogP contribution in [0.4, 0.5) is 0 Å². The second kappa shape index (κ2) is 6.44. The van der Waals surface area contributed by atoms with Gasteiger partial charge < -0.3 is 10.1 Å². The zero-order valence-corrected chi connectivity index (χ0v) is 14.1. The first kappa shape index (κ1) is 15.5. The summed E-state index contributed by atoms with van der Waals surface area (Å²) in [4.78, 5) is 15.9. The van der Waals surface area contributed by atoms with Crippen LogP contribution < -0.4 is 10.1 Å². The van der Waals surface area contributed by atoms with E-state index in [0.717, 1.165) is 28.9 Å². The lowest BCUT2D eigenvalue weighted by molar-refractivity contribution is -0.121. The molecule has 1 atom stereocenters. The summed E-state index contributed by atoms with van der Waals surface area (Å²) in [6.07, 6.45) is 7.26. The summed E-state index contributed by atoms with van der Waals surface area (Å²) in [5.74, 6) is 1.60. The van der Waals surface area contributed by atoms with Gasteiger partial charge in [0, 0.05) is 41.4 Å². The van der Waals surface area contributed by atoms with E-state index in [1.54, 1.807) is 12.4 Å². The van der Waals surface area contributed by atoms with Gasteiger partial charge in [-0.3, -0.25) is 9.78 Å². The third-order valence-corrected chi connectivity index (χ3v) is 4.77. The number of pyridine rings is 1. The van der Waals surface area contributed by atoms with Crippen molar-refractivity contribution < 1.29 is 9.53 Å². The van der Waals surface area contributed by atoms with Crippen molar-refractivity contribution >= 4 is 17.5 Å². The predicted molar refractivity (Wildman–Crippen MR) is 93.2 cm³/mol. The van der Waals surface area contributed by atoms with E-state index in [0.29, 0.717) is 23.9 Å². The van der Waals surface area contributed by atoms with Crippen LogP contribution in [0.1, 0.15) is 24.8 Å². The first-order chi connectivity index (χ1) is 11.7. The van der Waals surface area contributed by atoms with Gasteiger partial charge in [0.15, 0.2) is 0 Å². The molecule has 1 aliphatic heterocycles. The molecule has 1 aromatic carbocycles. The van der Waals surface area contributed by atoms with Gasteiger partial charge in [-0.25, -0.2) is 0 Å². The highest BCUT2D eigenvalue weighted by Gasteiger charge is 2.28. The van der Waals surface area contributed by atoms with Crippen molar-refractivity contribution in [1.82, 2.24) is 10.3 Å². The number of carbonyl (C=O) groups excluding carboxylic acids is 1. The van der Waals surface area contributed by atoms with Crippen molar-refractivity contribution in [1.29, 1.82) is 0 Å². The lowest BCUT2D eigenvalue weighted by Gasteiger charge is -2.13. The Bertz CT molecular complexity index is 759. The van der Waals surface area contributed by atoms with Gasteiger partial charge in [0.25, 0.3) is 0 Å². The van der Waals surface area contributed by atoms with Crippen LogP contribution in [0.25, 0.3) is 11.1 Å². The molecule has 4 nitrogen and oxygen atoms in total. The van der Waals surface area contributed by atoms with Crippen molar-refractivity contribution in [2.45, 2.75) is 31.8 Å². The zero-order valence-electron chi connectivity index (χ0n) is 13.3. The number of hydrogen-bond donors (Lipinski definition) is 1. The van der Waals surface area contributed by atoms with Crippen molar-refractivity contribution in [2.75, 3.05) is 6.54 Å². The SMILES string of the molecule is O=C(CC1CC1)NC[C@H]1Cc2cc(Cl)cc(-c3ccncc3)c2O1. The van der Waals surface area contributed by atoms with E-state index < -0.39 is 0 Å². The molecule has 0 saturated heterocycles. The number of carbonyl (C=O) groups is 1. The molecule has 0 bridgehead atoms. The maximum absolute atomic E-state index is 11.9. The third-order valence-electron chi connectivity index (χ3n) is 4.55. The molecule has 1 fully saturated rings. The van der Waals surface area contributed by atoms with Gasteiger partial charge in [-0.2, -0.15) is 0 Å². The number of fused-ring (bicyclic) bond motifs is 1. The Balaban J connectivity index is 1.48. The van der Waals surface area contributed by atoms with Crippen LogP contribution >= 0.6 is 11.6 Å². The molecule has 1 aliphatic carbocycles. The minimum absolute atomic E-state index is 0.0396. The Morgan fingerprint density at radius 3 is 2.83 bits per heavy atom. The smallest absolute Gasteiger partial charge is 0.220 e. The maximum Gasteiger partial charge on any atom is 0.220 e. The molecule has 0 spiro atoms. The molecule has 5 heteroatoms. The van der Waals surface area contributed by atoms with Gasteiger partial charge >= 0.3 is 0 Å². The van der Waals surface area contributed by atoms with Gasteiger partial charge in [-0.1, -0.05) is 11.6 Å². The van der Waals surface area contributed by atoms with Crippen molar-refractivity contribution in [2.24, 2.45) is 5.92 Å². The summed E-state index contributed by atoms with van der Waals surface area (Å²) in [6.45, 7) is 0.535. The molecule has 1 amide bonds. The molecule has 0 radical (unpaired) electrons. The highest BCUT2D eigenvalue weighted by molar-refractivity contribution is 6.31. The summed E-state index contributed by atoms with van der Waals surface area (Å²) >= 11 is 6.28. The van der Waals surface area contributed by atoms with Crippen LogP contribution in [-0.4, -0.2) is 23.5 Å². The van der Waals surface area contributed by atoms with E-state index in [9.17, 15) is 4.79 Å². The number of nitrogens with zero attached hydrogens (tertiary/aromatic N) is 1. The molecule has 2 aliphatic rings. The largest absolute Gasteiger partial charge is 0.487 e. The lowest BCUT2D eigenvalue weighted by atomic mass is 10.0. The molecular weight excluding hydrogens is 324 g/mol. The quantitative estimate of drug-likeness (QED) is 0.902. The second-order valence-corrected chi connectivity index (χ2v) is 7.01.